The van der Waals surface area contributed by atoms with Gasteiger partial charge in [0.25, 0.3) is 0 Å². The molecule has 0 aromatic heterocycles. The molecule has 0 aromatic rings. The summed E-state index contributed by atoms with van der Waals surface area (Å²) in [5.74, 6) is 0.160. The zero-order valence-corrected chi connectivity index (χ0v) is 7.42. The van der Waals surface area contributed by atoms with Gasteiger partial charge in [-0.2, -0.15) is 0 Å². The van der Waals surface area contributed by atoms with Gasteiger partial charge in [0, 0.05) is 12.6 Å². The topological polar surface area (TPSA) is 40.5 Å². The van der Waals surface area contributed by atoms with E-state index in [1.54, 1.807) is 0 Å². The molecule has 2 rings (SSSR count). The van der Waals surface area contributed by atoms with Gasteiger partial charge in [-0.05, 0) is 26.2 Å². The molecule has 2 aliphatic rings. The standard InChI is InChI=1S/C9H15NO2/c1-9(6-11)4-5-10(8(9)12)7-2-3-7/h7,11H,2-6H2,1H3. The maximum Gasteiger partial charge on any atom is 0.231 e. The molecule has 12 heavy (non-hydrogen) atoms. The van der Waals surface area contributed by atoms with Gasteiger partial charge in [-0.1, -0.05) is 0 Å². The first-order chi connectivity index (χ1) is 5.67. The van der Waals surface area contributed by atoms with Crippen LogP contribution in [0.25, 0.3) is 0 Å². The Labute approximate surface area is 72.4 Å². The number of hydrogen-bond acceptors (Lipinski definition) is 2. The minimum atomic E-state index is -0.470. The van der Waals surface area contributed by atoms with Crippen LogP contribution in [0.5, 0.6) is 0 Å². The van der Waals surface area contributed by atoms with Gasteiger partial charge in [0.05, 0.1) is 12.0 Å². The number of likely N-dealkylation sites (tertiary alicyclic amines) is 1. The minimum absolute atomic E-state index is 0.00491. The van der Waals surface area contributed by atoms with Crippen molar-refractivity contribution >= 4 is 5.91 Å². The van der Waals surface area contributed by atoms with Crippen LogP contribution in [0.15, 0.2) is 0 Å². The largest absolute Gasteiger partial charge is 0.395 e. The van der Waals surface area contributed by atoms with Crippen LogP contribution in [0.4, 0.5) is 0 Å². The Hall–Kier alpha value is -0.570. The van der Waals surface area contributed by atoms with Gasteiger partial charge in [-0.3, -0.25) is 4.79 Å². The lowest BCUT2D eigenvalue weighted by molar-refractivity contribution is -0.137. The second kappa shape index (κ2) is 2.46. The zero-order chi connectivity index (χ0) is 8.77. The SMILES string of the molecule is CC1(CO)CCN(C2CC2)C1=O. The van der Waals surface area contributed by atoms with E-state index in [-0.39, 0.29) is 12.5 Å². The van der Waals surface area contributed by atoms with Crippen molar-refractivity contribution in [2.24, 2.45) is 5.41 Å². The molecule has 1 heterocycles. The van der Waals surface area contributed by atoms with Gasteiger partial charge in [0.1, 0.15) is 0 Å². The summed E-state index contributed by atoms with van der Waals surface area (Å²) in [5, 5.41) is 9.07. The summed E-state index contributed by atoms with van der Waals surface area (Å²) in [6, 6.07) is 0.505. The highest BCUT2D eigenvalue weighted by Gasteiger charge is 2.47. The van der Waals surface area contributed by atoms with E-state index in [4.69, 9.17) is 5.11 Å². The van der Waals surface area contributed by atoms with Crippen LogP contribution in [0.3, 0.4) is 0 Å². The van der Waals surface area contributed by atoms with Gasteiger partial charge in [0.15, 0.2) is 0 Å². The number of rotatable bonds is 2. The Morgan fingerprint density at radius 1 is 1.67 bits per heavy atom. The van der Waals surface area contributed by atoms with E-state index in [0.29, 0.717) is 6.04 Å². The molecule has 0 aromatic carbocycles. The summed E-state index contributed by atoms with van der Waals surface area (Å²) in [4.78, 5) is 13.6. The third-order valence-corrected chi connectivity index (χ3v) is 3.02. The van der Waals surface area contributed by atoms with Crippen molar-refractivity contribution < 1.29 is 9.90 Å². The average molecular weight is 169 g/mol. The molecule has 3 nitrogen and oxygen atoms in total. The quantitative estimate of drug-likeness (QED) is 0.649. The molecule has 0 bridgehead atoms. The summed E-state index contributed by atoms with van der Waals surface area (Å²) >= 11 is 0. The second-order valence-corrected chi connectivity index (χ2v) is 4.20. The highest BCUT2D eigenvalue weighted by atomic mass is 16.3. The first-order valence-electron chi connectivity index (χ1n) is 4.59. The molecular formula is C9H15NO2. The van der Waals surface area contributed by atoms with Gasteiger partial charge < -0.3 is 10.0 Å². The number of carbonyl (C=O) groups excluding carboxylic acids is 1. The third-order valence-electron chi connectivity index (χ3n) is 3.02. The first kappa shape index (κ1) is 8.05. The van der Waals surface area contributed by atoms with Crippen molar-refractivity contribution in [3.63, 3.8) is 0 Å². The monoisotopic (exact) mass is 169 g/mol. The predicted octanol–water partition coefficient (Wildman–Crippen LogP) is 0.380. The summed E-state index contributed by atoms with van der Waals surface area (Å²) in [7, 11) is 0. The maximum absolute atomic E-state index is 11.7. The predicted molar refractivity (Wildman–Crippen MR) is 44.5 cm³/mol. The van der Waals surface area contributed by atoms with Crippen LogP contribution in [0.1, 0.15) is 26.2 Å². The molecule has 1 unspecified atom stereocenters. The normalized spacial score (nSPS) is 36.2. The molecule has 1 aliphatic carbocycles. The molecule has 1 saturated heterocycles. The molecule has 1 aliphatic heterocycles. The lowest BCUT2D eigenvalue weighted by Crippen LogP contribution is -2.36. The van der Waals surface area contributed by atoms with Gasteiger partial charge in [0.2, 0.25) is 5.91 Å². The van der Waals surface area contributed by atoms with E-state index in [2.05, 4.69) is 0 Å². The van der Waals surface area contributed by atoms with Crippen LogP contribution in [0.2, 0.25) is 0 Å². The first-order valence-corrected chi connectivity index (χ1v) is 4.59. The van der Waals surface area contributed by atoms with Crippen molar-refractivity contribution in [3.8, 4) is 0 Å². The zero-order valence-electron chi connectivity index (χ0n) is 7.42. The molecule has 3 heteroatoms. The highest BCUT2D eigenvalue weighted by molar-refractivity contribution is 5.85. The summed E-state index contributed by atoms with van der Waals surface area (Å²) in [5.41, 5.74) is -0.470. The van der Waals surface area contributed by atoms with Crippen molar-refractivity contribution in [2.45, 2.75) is 32.2 Å². The van der Waals surface area contributed by atoms with E-state index in [1.807, 2.05) is 11.8 Å². The summed E-state index contributed by atoms with van der Waals surface area (Å²) in [6.45, 7) is 2.70. The Morgan fingerprint density at radius 2 is 2.33 bits per heavy atom. The number of hydrogen-bond donors (Lipinski definition) is 1. The molecule has 0 spiro atoms. The van der Waals surface area contributed by atoms with Gasteiger partial charge in [-0.15, -0.1) is 0 Å². The second-order valence-electron chi connectivity index (χ2n) is 4.20. The fraction of sp³-hybridized carbons (Fsp3) is 0.889. The van der Waals surface area contributed by atoms with Crippen LogP contribution >= 0.6 is 0 Å². The van der Waals surface area contributed by atoms with Crippen molar-refractivity contribution in [2.75, 3.05) is 13.2 Å². The molecule has 2 fully saturated rings. The summed E-state index contributed by atoms with van der Waals surface area (Å²) < 4.78 is 0. The van der Waals surface area contributed by atoms with E-state index >= 15 is 0 Å². The van der Waals surface area contributed by atoms with Gasteiger partial charge in [-0.25, -0.2) is 0 Å². The van der Waals surface area contributed by atoms with Crippen molar-refractivity contribution in [1.82, 2.24) is 4.90 Å². The highest BCUT2D eigenvalue weighted by Crippen LogP contribution is 2.38. The third kappa shape index (κ3) is 1.04. The fourth-order valence-electron chi connectivity index (χ4n) is 1.80. The average Bonchev–Trinajstić information content (AvgIpc) is 2.84. The smallest absolute Gasteiger partial charge is 0.231 e. The number of amides is 1. The molecule has 1 amide bonds. The molecule has 1 saturated carbocycles. The van der Waals surface area contributed by atoms with Crippen LogP contribution < -0.4 is 0 Å². The van der Waals surface area contributed by atoms with Crippen LogP contribution in [-0.2, 0) is 4.79 Å². The molecule has 0 radical (unpaired) electrons. The number of carbonyl (C=O) groups is 1. The molecule has 68 valence electrons. The van der Waals surface area contributed by atoms with E-state index in [1.165, 1.54) is 0 Å². The Morgan fingerprint density at radius 3 is 2.75 bits per heavy atom. The number of aliphatic hydroxyl groups is 1. The molecular weight excluding hydrogens is 154 g/mol. The number of nitrogens with zero attached hydrogens (tertiary/aromatic N) is 1. The Balaban J connectivity index is 2.09. The van der Waals surface area contributed by atoms with E-state index < -0.39 is 5.41 Å². The van der Waals surface area contributed by atoms with E-state index in [9.17, 15) is 4.79 Å². The van der Waals surface area contributed by atoms with Crippen LogP contribution in [0, 0.1) is 5.41 Å². The van der Waals surface area contributed by atoms with Crippen molar-refractivity contribution in [1.29, 1.82) is 0 Å². The summed E-state index contributed by atoms with van der Waals surface area (Å²) in [6.07, 6.45) is 3.14. The lowest BCUT2D eigenvalue weighted by Gasteiger charge is -2.20. The molecule has 1 N–H and O–H groups in total. The lowest BCUT2D eigenvalue weighted by atomic mass is 9.90. The number of aliphatic hydroxyl groups excluding tert-OH is 1. The van der Waals surface area contributed by atoms with Crippen molar-refractivity contribution in [3.05, 3.63) is 0 Å². The van der Waals surface area contributed by atoms with E-state index in [0.717, 1.165) is 25.8 Å². The Bertz CT molecular complexity index is 213. The van der Waals surface area contributed by atoms with Crippen LogP contribution in [-0.4, -0.2) is 35.1 Å². The maximum atomic E-state index is 11.7. The fourth-order valence-corrected chi connectivity index (χ4v) is 1.80. The Kier molecular flexibility index (Phi) is 1.65. The van der Waals surface area contributed by atoms with Gasteiger partial charge >= 0.3 is 0 Å². The molecule has 1 atom stereocenters. The minimum Gasteiger partial charge on any atom is -0.395 e.